The number of benzene rings is 1. The average molecular weight is 480 g/mol. The Morgan fingerprint density at radius 2 is 1.83 bits per heavy atom. The van der Waals surface area contributed by atoms with Gasteiger partial charge in [0.1, 0.15) is 17.5 Å². The highest BCUT2D eigenvalue weighted by Gasteiger charge is 2.33. The van der Waals surface area contributed by atoms with Crippen molar-refractivity contribution in [2.45, 2.75) is 30.8 Å². The molecule has 2 aliphatic heterocycles. The molecule has 3 heterocycles. The van der Waals surface area contributed by atoms with Gasteiger partial charge in [0.05, 0.1) is 27.8 Å². The number of sulfone groups is 1. The highest BCUT2D eigenvalue weighted by atomic mass is 35.5. The van der Waals surface area contributed by atoms with Crippen molar-refractivity contribution in [3.05, 3.63) is 40.0 Å². The topological polar surface area (TPSA) is 83.4 Å². The third kappa shape index (κ3) is 4.54. The first kappa shape index (κ1) is 23.1. The van der Waals surface area contributed by atoms with Crippen LogP contribution < -0.4 is 4.90 Å². The third-order valence-corrected chi connectivity index (χ3v) is 7.23. The predicted molar refractivity (Wildman–Crippen MR) is 113 cm³/mol. The monoisotopic (exact) mass is 479 g/mol. The number of nitrogens with zero attached hydrogens (tertiary/aromatic N) is 3. The van der Waals surface area contributed by atoms with Gasteiger partial charge in [-0.05, 0) is 37.3 Å². The summed E-state index contributed by atoms with van der Waals surface area (Å²) in [7, 11) is -3.36. The van der Waals surface area contributed by atoms with Crippen LogP contribution in [0.4, 0.5) is 14.6 Å². The minimum absolute atomic E-state index is 0. The standard InChI is InChI=1S/C19H20ClF2N3O3S.ClH/c20-14-8-15(21)12(7-16(14)22)18-23-17-10-29(27,28)9-13(17)19(24-18)25-4-1-11(2-5-25)3-6-26;/h7-8,11,26H,1-6,9-10H2;1H. The van der Waals surface area contributed by atoms with Crippen molar-refractivity contribution in [3.63, 3.8) is 0 Å². The van der Waals surface area contributed by atoms with Gasteiger partial charge in [-0.3, -0.25) is 0 Å². The Labute approximate surface area is 184 Å². The Morgan fingerprint density at radius 1 is 1.13 bits per heavy atom. The Morgan fingerprint density at radius 3 is 2.50 bits per heavy atom. The van der Waals surface area contributed by atoms with Gasteiger partial charge in [-0.1, -0.05) is 11.6 Å². The lowest BCUT2D eigenvalue weighted by Crippen LogP contribution is -2.35. The fourth-order valence-electron chi connectivity index (χ4n) is 3.96. The van der Waals surface area contributed by atoms with Gasteiger partial charge in [-0.15, -0.1) is 12.4 Å². The summed E-state index contributed by atoms with van der Waals surface area (Å²) in [5.41, 5.74) is 0.705. The number of hydrogen-bond donors (Lipinski definition) is 1. The summed E-state index contributed by atoms with van der Waals surface area (Å²) in [6.45, 7) is 1.42. The van der Waals surface area contributed by atoms with Crippen LogP contribution in [0.1, 0.15) is 30.5 Å². The second-order valence-corrected chi connectivity index (χ2v) is 9.99. The lowest BCUT2D eigenvalue weighted by molar-refractivity contribution is 0.240. The number of halogens is 4. The van der Waals surface area contributed by atoms with Gasteiger partial charge in [0.15, 0.2) is 15.7 Å². The zero-order chi connectivity index (χ0) is 20.8. The zero-order valence-corrected chi connectivity index (χ0v) is 18.3. The van der Waals surface area contributed by atoms with Crippen molar-refractivity contribution in [3.8, 4) is 11.4 Å². The minimum atomic E-state index is -3.36. The Bertz CT molecular complexity index is 1060. The van der Waals surface area contributed by atoms with Crippen molar-refractivity contribution in [1.82, 2.24) is 9.97 Å². The van der Waals surface area contributed by atoms with Crippen LogP contribution >= 0.6 is 24.0 Å². The molecular formula is C19H21Cl2F2N3O3S. The molecule has 11 heteroatoms. The molecule has 2 aliphatic rings. The van der Waals surface area contributed by atoms with Gasteiger partial charge in [-0.25, -0.2) is 27.2 Å². The highest BCUT2D eigenvalue weighted by molar-refractivity contribution is 7.90. The van der Waals surface area contributed by atoms with Gasteiger partial charge >= 0.3 is 0 Å². The molecule has 0 aliphatic carbocycles. The Kier molecular flexibility index (Phi) is 6.86. The molecule has 1 aromatic heterocycles. The molecule has 1 fully saturated rings. The van der Waals surface area contributed by atoms with Crippen LogP contribution in [-0.4, -0.2) is 43.2 Å². The van der Waals surface area contributed by atoms with E-state index in [0.717, 1.165) is 31.4 Å². The second-order valence-electron chi connectivity index (χ2n) is 7.52. The number of hydrogen-bond acceptors (Lipinski definition) is 6. The number of aliphatic hydroxyl groups excluding tert-OH is 1. The van der Waals surface area contributed by atoms with Gasteiger partial charge in [0.2, 0.25) is 0 Å². The van der Waals surface area contributed by atoms with E-state index >= 15 is 0 Å². The molecule has 6 nitrogen and oxygen atoms in total. The molecule has 1 saturated heterocycles. The van der Waals surface area contributed by atoms with Crippen LogP contribution in [0.15, 0.2) is 12.1 Å². The van der Waals surface area contributed by atoms with Crippen molar-refractivity contribution in [1.29, 1.82) is 0 Å². The summed E-state index contributed by atoms with van der Waals surface area (Å²) >= 11 is 5.64. The largest absolute Gasteiger partial charge is 0.396 e. The van der Waals surface area contributed by atoms with Crippen molar-refractivity contribution in [2.75, 3.05) is 24.6 Å². The second kappa shape index (κ2) is 8.90. The molecule has 4 rings (SSSR count). The van der Waals surface area contributed by atoms with Crippen LogP contribution in [0.2, 0.25) is 5.02 Å². The molecule has 30 heavy (non-hydrogen) atoms. The molecule has 1 aromatic carbocycles. The molecule has 0 radical (unpaired) electrons. The highest BCUT2D eigenvalue weighted by Crippen LogP contribution is 2.36. The van der Waals surface area contributed by atoms with E-state index in [4.69, 9.17) is 16.7 Å². The normalized spacial score (nSPS) is 18.2. The van der Waals surface area contributed by atoms with E-state index < -0.39 is 21.5 Å². The maximum Gasteiger partial charge on any atom is 0.164 e. The molecular weight excluding hydrogens is 459 g/mol. The van der Waals surface area contributed by atoms with Crippen molar-refractivity contribution >= 4 is 39.7 Å². The minimum Gasteiger partial charge on any atom is -0.396 e. The predicted octanol–water partition coefficient (Wildman–Crippen LogP) is 3.52. The SMILES string of the molecule is Cl.O=S1(=O)Cc2nc(-c3cc(F)c(Cl)cc3F)nc(N3CCC(CCO)CC3)c2C1. The summed E-state index contributed by atoms with van der Waals surface area (Å²) in [6, 6.07) is 1.79. The number of piperidine rings is 1. The molecule has 0 spiro atoms. The van der Waals surface area contributed by atoms with E-state index in [0.29, 0.717) is 36.1 Å². The van der Waals surface area contributed by atoms with Crippen LogP contribution in [0, 0.1) is 17.6 Å². The lowest BCUT2D eigenvalue weighted by Gasteiger charge is -2.33. The number of fused-ring (bicyclic) bond motifs is 1. The molecule has 0 bridgehead atoms. The summed E-state index contributed by atoms with van der Waals surface area (Å²) in [4.78, 5) is 10.7. The lowest BCUT2D eigenvalue weighted by atomic mass is 9.94. The van der Waals surface area contributed by atoms with Crippen LogP contribution in [0.3, 0.4) is 0 Å². The van der Waals surface area contributed by atoms with Crippen LogP contribution in [0.25, 0.3) is 11.4 Å². The summed E-state index contributed by atoms with van der Waals surface area (Å²) in [5.74, 6) is -1.17. The molecule has 0 atom stereocenters. The summed E-state index contributed by atoms with van der Waals surface area (Å²) in [5, 5.41) is 8.79. The molecule has 1 N–H and O–H groups in total. The van der Waals surface area contributed by atoms with E-state index in [-0.39, 0.29) is 46.9 Å². The molecule has 0 saturated carbocycles. The van der Waals surface area contributed by atoms with E-state index in [2.05, 4.69) is 9.97 Å². The smallest absolute Gasteiger partial charge is 0.164 e. The van der Waals surface area contributed by atoms with Gasteiger partial charge in [0, 0.05) is 25.3 Å². The van der Waals surface area contributed by atoms with E-state index in [1.807, 2.05) is 4.90 Å². The Hall–Kier alpha value is -1.55. The van der Waals surface area contributed by atoms with Crippen molar-refractivity contribution in [2.24, 2.45) is 5.92 Å². The van der Waals surface area contributed by atoms with Crippen LogP contribution in [0.5, 0.6) is 0 Å². The first-order chi connectivity index (χ1) is 13.8. The zero-order valence-electron chi connectivity index (χ0n) is 15.9. The summed E-state index contributed by atoms with van der Waals surface area (Å²) < 4.78 is 52.8. The number of anilines is 1. The number of aliphatic hydroxyl groups is 1. The Balaban J connectivity index is 0.00000256. The van der Waals surface area contributed by atoms with E-state index in [1.54, 1.807) is 0 Å². The van der Waals surface area contributed by atoms with Gasteiger partial charge < -0.3 is 10.0 Å². The average Bonchev–Trinajstić information content (AvgIpc) is 2.98. The number of rotatable bonds is 4. The van der Waals surface area contributed by atoms with E-state index in [1.165, 1.54) is 0 Å². The fourth-order valence-corrected chi connectivity index (χ4v) is 5.60. The maximum absolute atomic E-state index is 14.4. The third-order valence-electron chi connectivity index (χ3n) is 5.49. The first-order valence-corrected chi connectivity index (χ1v) is 11.6. The number of aromatic nitrogens is 2. The quantitative estimate of drug-likeness (QED) is 0.675. The summed E-state index contributed by atoms with van der Waals surface area (Å²) in [6.07, 6.45) is 2.40. The van der Waals surface area contributed by atoms with Gasteiger partial charge in [0.25, 0.3) is 0 Å². The fraction of sp³-hybridized carbons (Fsp3) is 0.474. The maximum atomic E-state index is 14.4. The van der Waals surface area contributed by atoms with Crippen molar-refractivity contribution < 1.29 is 22.3 Å². The molecule has 0 unspecified atom stereocenters. The van der Waals surface area contributed by atoms with E-state index in [9.17, 15) is 17.2 Å². The van der Waals surface area contributed by atoms with Crippen LogP contribution in [-0.2, 0) is 21.3 Å². The van der Waals surface area contributed by atoms with Gasteiger partial charge in [-0.2, -0.15) is 0 Å². The molecule has 2 aromatic rings. The molecule has 0 amide bonds. The molecule has 164 valence electrons. The first-order valence-electron chi connectivity index (χ1n) is 9.38.